The van der Waals surface area contributed by atoms with Gasteiger partial charge in [-0.1, -0.05) is 18.2 Å². The van der Waals surface area contributed by atoms with Crippen LogP contribution in [0.1, 0.15) is 24.8 Å². The molecular weight excluding hydrogens is 298 g/mol. The lowest BCUT2D eigenvalue weighted by atomic mass is 9.96. The predicted molar refractivity (Wildman–Crippen MR) is 90.1 cm³/mol. The molecule has 5 nitrogen and oxygen atoms in total. The number of allylic oxidation sites excluding steroid dienone is 2. The van der Waals surface area contributed by atoms with Crippen molar-refractivity contribution < 1.29 is 9.47 Å². The Morgan fingerprint density at radius 2 is 2.23 bits per heavy atom. The lowest BCUT2D eigenvalue weighted by Crippen LogP contribution is -2.31. The van der Waals surface area contributed by atoms with Crippen molar-refractivity contribution in [1.82, 2.24) is 10.7 Å². The standard InChI is InChI=1S/C16H19N3O2S/c22-16(19-18-10-12-4-2-1-3-5-12)17-9-13-6-7-14-15(8-13)21-11-20-14/h1-2,6-8,10,12H,3-5,9,11H2,(H2,17,19,22)/b18-10-/t12-/m0/s1. The number of thiocarbonyl (C=S) groups is 1. The Morgan fingerprint density at radius 1 is 1.32 bits per heavy atom. The fourth-order valence-electron chi connectivity index (χ4n) is 2.43. The molecule has 0 bridgehead atoms. The Kier molecular flexibility index (Phi) is 4.90. The predicted octanol–water partition coefficient (Wildman–Crippen LogP) is 2.72. The van der Waals surface area contributed by atoms with Crippen LogP contribution >= 0.6 is 12.2 Å². The summed E-state index contributed by atoms with van der Waals surface area (Å²) < 4.78 is 10.6. The molecule has 1 heterocycles. The van der Waals surface area contributed by atoms with Crippen LogP contribution in [0.3, 0.4) is 0 Å². The second-order valence-electron chi connectivity index (χ2n) is 5.30. The average molecular weight is 317 g/mol. The van der Waals surface area contributed by atoms with Crippen molar-refractivity contribution in [2.24, 2.45) is 11.0 Å². The van der Waals surface area contributed by atoms with Crippen LogP contribution in [0.2, 0.25) is 0 Å². The topological polar surface area (TPSA) is 54.9 Å². The Hall–Kier alpha value is -2.08. The first-order valence-corrected chi connectivity index (χ1v) is 7.82. The third kappa shape index (κ3) is 3.98. The van der Waals surface area contributed by atoms with E-state index in [1.807, 2.05) is 24.4 Å². The maximum absolute atomic E-state index is 5.35. The summed E-state index contributed by atoms with van der Waals surface area (Å²) in [6, 6.07) is 5.85. The molecule has 0 aromatic heterocycles. The van der Waals surface area contributed by atoms with E-state index in [4.69, 9.17) is 21.7 Å². The van der Waals surface area contributed by atoms with Crippen molar-refractivity contribution >= 4 is 23.5 Å². The lowest BCUT2D eigenvalue weighted by Gasteiger charge is -2.12. The zero-order chi connectivity index (χ0) is 15.2. The Balaban J connectivity index is 1.42. The zero-order valence-electron chi connectivity index (χ0n) is 12.2. The van der Waals surface area contributed by atoms with Crippen molar-refractivity contribution in [3.8, 4) is 11.5 Å². The van der Waals surface area contributed by atoms with Crippen LogP contribution in [0, 0.1) is 5.92 Å². The van der Waals surface area contributed by atoms with Gasteiger partial charge in [0.1, 0.15) is 0 Å². The van der Waals surface area contributed by atoms with Gasteiger partial charge >= 0.3 is 0 Å². The minimum atomic E-state index is 0.289. The maximum Gasteiger partial charge on any atom is 0.231 e. The molecule has 1 aliphatic heterocycles. The van der Waals surface area contributed by atoms with E-state index in [1.165, 1.54) is 0 Å². The first-order chi connectivity index (χ1) is 10.8. The summed E-state index contributed by atoms with van der Waals surface area (Å²) in [6.07, 6.45) is 9.70. The highest BCUT2D eigenvalue weighted by Crippen LogP contribution is 2.32. The van der Waals surface area contributed by atoms with Gasteiger partial charge in [0.15, 0.2) is 16.6 Å². The van der Waals surface area contributed by atoms with Gasteiger partial charge in [-0.05, 0) is 55.1 Å². The number of rotatable bonds is 4. The second kappa shape index (κ2) is 7.26. The third-order valence-corrected chi connectivity index (χ3v) is 3.89. The van der Waals surface area contributed by atoms with Gasteiger partial charge in [-0.3, -0.25) is 5.43 Å². The smallest absolute Gasteiger partial charge is 0.231 e. The van der Waals surface area contributed by atoms with Crippen LogP contribution in [-0.2, 0) is 6.54 Å². The highest BCUT2D eigenvalue weighted by molar-refractivity contribution is 7.80. The second-order valence-corrected chi connectivity index (χ2v) is 5.71. The highest BCUT2D eigenvalue weighted by Gasteiger charge is 2.13. The van der Waals surface area contributed by atoms with Crippen LogP contribution < -0.4 is 20.2 Å². The van der Waals surface area contributed by atoms with Crippen LogP contribution in [0.5, 0.6) is 11.5 Å². The van der Waals surface area contributed by atoms with Crippen molar-refractivity contribution in [2.75, 3.05) is 6.79 Å². The Morgan fingerprint density at radius 3 is 3.09 bits per heavy atom. The number of nitrogens with zero attached hydrogens (tertiary/aromatic N) is 1. The molecule has 1 aromatic carbocycles. The number of hydrogen-bond acceptors (Lipinski definition) is 4. The fourth-order valence-corrected chi connectivity index (χ4v) is 2.55. The molecule has 2 aliphatic rings. The number of hydrazone groups is 1. The van der Waals surface area contributed by atoms with Gasteiger partial charge < -0.3 is 14.8 Å². The largest absolute Gasteiger partial charge is 0.454 e. The summed E-state index contributed by atoms with van der Waals surface area (Å²) in [5.41, 5.74) is 3.94. The molecule has 116 valence electrons. The molecule has 6 heteroatoms. The van der Waals surface area contributed by atoms with Crippen molar-refractivity contribution in [3.63, 3.8) is 0 Å². The van der Waals surface area contributed by atoms with Crippen LogP contribution in [0.4, 0.5) is 0 Å². The molecule has 0 spiro atoms. The first-order valence-electron chi connectivity index (χ1n) is 7.42. The summed E-state index contributed by atoms with van der Waals surface area (Å²) >= 11 is 5.21. The van der Waals surface area contributed by atoms with Gasteiger partial charge in [0.25, 0.3) is 0 Å². The minimum Gasteiger partial charge on any atom is -0.454 e. The van der Waals surface area contributed by atoms with E-state index in [0.29, 0.717) is 17.6 Å². The third-order valence-electron chi connectivity index (χ3n) is 3.65. The van der Waals surface area contributed by atoms with E-state index >= 15 is 0 Å². The first kappa shape index (κ1) is 14.8. The molecular formula is C16H19N3O2S. The van der Waals surface area contributed by atoms with Crippen molar-refractivity contribution in [3.05, 3.63) is 35.9 Å². The van der Waals surface area contributed by atoms with Gasteiger partial charge in [-0.15, -0.1) is 0 Å². The molecule has 0 unspecified atom stereocenters. The van der Waals surface area contributed by atoms with E-state index < -0.39 is 0 Å². The molecule has 1 atom stereocenters. The number of fused-ring (bicyclic) bond motifs is 1. The molecule has 3 rings (SSSR count). The zero-order valence-corrected chi connectivity index (χ0v) is 13.1. The molecule has 0 saturated heterocycles. The highest BCUT2D eigenvalue weighted by atomic mass is 32.1. The van der Waals surface area contributed by atoms with Gasteiger partial charge in [-0.2, -0.15) is 5.10 Å². The molecule has 0 saturated carbocycles. The van der Waals surface area contributed by atoms with E-state index in [9.17, 15) is 0 Å². The normalized spacial score (nSPS) is 19.4. The maximum atomic E-state index is 5.35. The Bertz CT molecular complexity index is 601. The van der Waals surface area contributed by atoms with Crippen molar-refractivity contribution in [2.45, 2.75) is 25.8 Å². The Labute approximate surface area is 135 Å². The number of hydrogen-bond donors (Lipinski definition) is 2. The van der Waals surface area contributed by atoms with E-state index in [0.717, 1.165) is 36.3 Å². The summed E-state index contributed by atoms with van der Waals surface area (Å²) in [4.78, 5) is 0. The van der Waals surface area contributed by atoms with Gasteiger partial charge in [0.05, 0.1) is 0 Å². The number of nitrogens with one attached hydrogen (secondary N) is 2. The number of benzene rings is 1. The van der Waals surface area contributed by atoms with E-state index in [1.54, 1.807) is 0 Å². The van der Waals surface area contributed by atoms with E-state index in [2.05, 4.69) is 28.0 Å². The summed E-state index contributed by atoms with van der Waals surface area (Å²) in [6.45, 7) is 0.904. The molecule has 1 aliphatic carbocycles. The number of ether oxygens (including phenoxy) is 2. The SMILES string of the molecule is S=C(NCc1ccc2c(c1)OCO2)N/N=C\[C@H]1CC=CCC1. The average Bonchev–Trinajstić information content (AvgIpc) is 3.01. The lowest BCUT2D eigenvalue weighted by molar-refractivity contribution is 0.174. The van der Waals surface area contributed by atoms with E-state index in [-0.39, 0.29) is 6.79 Å². The summed E-state index contributed by atoms with van der Waals surface area (Å²) in [5.74, 6) is 2.08. The van der Waals surface area contributed by atoms with Gasteiger partial charge in [-0.25, -0.2) is 0 Å². The minimum absolute atomic E-state index is 0.289. The summed E-state index contributed by atoms with van der Waals surface area (Å²) in [5, 5.41) is 7.85. The van der Waals surface area contributed by atoms with Gasteiger partial charge in [0.2, 0.25) is 6.79 Å². The van der Waals surface area contributed by atoms with Crippen LogP contribution in [0.25, 0.3) is 0 Å². The monoisotopic (exact) mass is 317 g/mol. The van der Waals surface area contributed by atoms with Gasteiger partial charge in [0, 0.05) is 12.8 Å². The molecule has 0 radical (unpaired) electrons. The molecule has 1 aromatic rings. The molecule has 0 fully saturated rings. The fraction of sp³-hybridized carbons (Fsp3) is 0.375. The van der Waals surface area contributed by atoms with Crippen molar-refractivity contribution in [1.29, 1.82) is 0 Å². The molecule has 0 amide bonds. The summed E-state index contributed by atoms with van der Waals surface area (Å²) in [7, 11) is 0. The molecule has 2 N–H and O–H groups in total. The van der Waals surface area contributed by atoms with Crippen LogP contribution in [-0.4, -0.2) is 18.1 Å². The molecule has 22 heavy (non-hydrogen) atoms. The van der Waals surface area contributed by atoms with Crippen LogP contribution in [0.15, 0.2) is 35.5 Å². The quantitative estimate of drug-likeness (QED) is 0.387.